The van der Waals surface area contributed by atoms with Gasteiger partial charge in [-0.05, 0) is 25.7 Å². The second kappa shape index (κ2) is 23.0. The third-order valence-corrected chi connectivity index (χ3v) is 7.36. The van der Waals surface area contributed by atoms with E-state index in [1.54, 1.807) is 0 Å². The van der Waals surface area contributed by atoms with Crippen molar-refractivity contribution < 1.29 is 23.9 Å². The van der Waals surface area contributed by atoms with Crippen LogP contribution in [0.5, 0.6) is 0 Å². The van der Waals surface area contributed by atoms with Gasteiger partial charge in [0.25, 0.3) is 0 Å². The summed E-state index contributed by atoms with van der Waals surface area (Å²) in [7, 11) is 1.33. The molecule has 0 fully saturated rings. The molecule has 38 heavy (non-hydrogen) atoms. The number of nitrogens with one attached hydrogen (secondary N) is 2. The highest BCUT2D eigenvalue weighted by molar-refractivity contribution is 5.93. The van der Waals surface area contributed by atoms with Crippen LogP contribution in [0.25, 0.3) is 0 Å². The van der Waals surface area contributed by atoms with E-state index < -0.39 is 24.0 Å². The van der Waals surface area contributed by atoms with Crippen LogP contribution in [0.1, 0.15) is 144 Å². The molecule has 0 spiro atoms. The van der Waals surface area contributed by atoms with Crippen molar-refractivity contribution in [2.24, 2.45) is 11.8 Å². The van der Waals surface area contributed by atoms with Gasteiger partial charge in [-0.3, -0.25) is 14.4 Å². The van der Waals surface area contributed by atoms with Crippen LogP contribution in [0.15, 0.2) is 0 Å². The van der Waals surface area contributed by atoms with Gasteiger partial charge in [-0.1, -0.05) is 112 Å². The van der Waals surface area contributed by atoms with Crippen LogP contribution in [0.4, 0.5) is 0 Å². The van der Waals surface area contributed by atoms with Crippen LogP contribution in [0, 0.1) is 11.8 Å². The quantitative estimate of drug-likeness (QED) is 0.106. The smallest absolute Gasteiger partial charge is 0.328 e. The van der Waals surface area contributed by atoms with E-state index in [2.05, 4.69) is 38.3 Å². The molecule has 0 aliphatic carbocycles. The van der Waals surface area contributed by atoms with E-state index in [9.17, 15) is 19.2 Å². The Morgan fingerprint density at radius 2 is 1.05 bits per heavy atom. The summed E-state index contributed by atoms with van der Waals surface area (Å²) >= 11 is 0. The summed E-state index contributed by atoms with van der Waals surface area (Å²) in [5.41, 5.74) is 0. The summed E-state index contributed by atoms with van der Waals surface area (Å²) in [6, 6.07) is -1.28. The molecule has 2 amide bonds. The van der Waals surface area contributed by atoms with Gasteiger partial charge in [0.05, 0.1) is 13.2 Å². The number of ether oxygens (including phenoxy) is 1. The van der Waals surface area contributed by atoms with Crippen molar-refractivity contribution in [3.63, 3.8) is 0 Å². The molecule has 0 heterocycles. The van der Waals surface area contributed by atoms with Gasteiger partial charge in [0.2, 0.25) is 11.8 Å². The highest BCUT2D eigenvalue weighted by atomic mass is 16.5. The molecule has 222 valence electrons. The van der Waals surface area contributed by atoms with Crippen molar-refractivity contribution in [1.82, 2.24) is 10.6 Å². The molecule has 0 aliphatic rings. The lowest BCUT2D eigenvalue weighted by Crippen LogP contribution is -2.47. The van der Waals surface area contributed by atoms with Crippen molar-refractivity contribution in [3.05, 3.63) is 0 Å². The number of carbonyl (C=O) groups excluding carboxylic acids is 4. The molecule has 0 radical (unpaired) electrons. The normalized spacial score (nSPS) is 14.3. The Labute approximate surface area is 233 Å². The number of hydrogen-bond donors (Lipinski definition) is 2. The Balaban J connectivity index is 5.51. The standard InChI is InChI=1S/C31H58N2O5/c1-7-11-15-19-24(5)29(35)32-26(21-17-13-9-3)28(34)23-25(20-16-12-8-2)30(36)33-27(31(37)38-6)22-18-14-10-4/h24-27H,7-23H2,1-6H3,(H,32,35)(H,33,36)/t24-,25+,26-,27-/m0/s1. The summed E-state index contributed by atoms with van der Waals surface area (Å²) in [6.45, 7) is 10.4. The van der Waals surface area contributed by atoms with Crippen molar-refractivity contribution in [1.29, 1.82) is 0 Å². The second-order valence-corrected chi connectivity index (χ2v) is 10.9. The molecule has 0 bridgehead atoms. The molecule has 0 saturated heterocycles. The predicted octanol–water partition coefficient (Wildman–Crippen LogP) is 6.66. The molecular formula is C31H58N2O5. The highest BCUT2D eigenvalue weighted by Gasteiger charge is 2.30. The number of carbonyl (C=O) groups is 4. The van der Waals surface area contributed by atoms with Gasteiger partial charge in [-0.15, -0.1) is 0 Å². The predicted molar refractivity (Wildman–Crippen MR) is 155 cm³/mol. The Kier molecular flexibility index (Phi) is 21.8. The summed E-state index contributed by atoms with van der Waals surface area (Å²) in [5, 5.41) is 5.91. The average molecular weight is 539 g/mol. The first-order valence-corrected chi connectivity index (χ1v) is 15.5. The van der Waals surface area contributed by atoms with Crippen LogP contribution >= 0.6 is 0 Å². The molecule has 0 aliphatic heterocycles. The fourth-order valence-corrected chi connectivity index (χ4v) is 4.69. The SMILES string of the molecule is CCCCC[C@H](CC(=O)[C@H](CCCCC)NC(=O)[C@@H](C)CCCCC)C(=O)N[C@@H](CCCCC)C(=O)OC. The Morgan fingerprint density at radius 3 is 1.55 bits per heavy atom. The lowest BCUT2D eigenvalue weighted by atomic mass is 9.90. The van der Waals surface area contributed by atoms with Gasteiger partial charge in [0.1, 0.15) is 6.04 Å². The number of ketones is 1. The summed E-state index contributed by atoms with van der Waals surface area (Å²) in [4.78, 5) is 52.1. The maximum Gasteiger partial charge on any atom is 0.328 e. The maximum absolute atomic E-state index is 13.5. The molecular weight excluding hydrogens is 480 g/mol. The zero-order chi connectivity index (χ0) is 28.8. The molecule has 0 rings (SSSR count). The van der Waals surface area contributed by atoms with Crippen LogP contribution in [-0.4, -0.2) is 42.8 Å². The minimum atomic E-state index is -0.702. The lowest BCUT2D eigenvalue weighted by Gasteiger charge is -2.24. The van der Waals surface area contributed by atoms with E-state index in [1.165, 1.54) is 7.11 Å². The van der Waals surface area contributed by atoms with Crippen LogP contribution < -0.4 is 10.6 Å². The fourth-order valence-electron chi connectivity index (χ4n) is 4.69. The van der Waals surface area contributed by atoms with Gasteiger partial charge in [0, 0.05) is 18.3 Å². The first kappa shape index (κ1) is 36.1. The van der Waals surface area contributed by atoms with Gasteiger partial charge in [-0.2, -0.15) is 0 Å². The number of unbranched alkanes of at least 4 members (excludes halogenated alkanes) is 8. The number of Topliss-reactive ketones (excluding diaryl/α,β-unsaturated/α-hetero) is 1. The molecule has 4 atom stereocenters. The molecule has 7 heteroatoms. The molecule has 2 N–H and O–H groups in total. The second-order valence-electron chi connectivity index (χ2n) is 10.9. The van der Waals surface area contributed by atoms with Crippen LogP contribution in [0.2, 0.25) is 0 Å². The van der Waals surface area contributed by atoms with Crippen molar-refractivity contribution in [3.8, 4) is 0 Å². The Bertz CT molecular complexity index is 667. The first-order valence-electron chi connectivity index (χ1n) is 15.5. The Morgan fingerprint density at radius 1 is 0.605 bits per heavy atom. The minimum Gasteiger partial charge on any atom is -0.467 e. The monoisotopic (exact) mass is 538 g/mol. The van der Waals surface area contributed by atoms with E-state index in [1.807, 2.05) is 6.92 Å². The van der Waals surface area contributed by atoms with E-state index in [4.69, 9.17) is 4.74 Å². The average Bonchev–Trinajstić information content (AvgIpc) is 2.90. The highest BCUT2D eigenvalue weighted by Crippen LogP contribution is 2.19. The van der Waals surface area contributed by atoms with E-state index in [0.717, 1.165) is 83.5 Å². The van der Waals surface area contributed by atoms with E-state index in [0.29, 0.717) is 19.3 Å². The van der Waals surface area contributed by atoms with Crippen molar-refractivity contribution >= 4 is 23.6 Å². The Hall–Kier alpha value is -1.92. The third kappa shape index (κ3) is 16.1. The van der Waals surface area contributed by atoms with Gasteiger partial charge < -0.3 is 15.4 Å². The zero-order valence-electron chi connectivity index (χ0n) is 25.4. The number of hydrogen-bond acceptors (Lipinski definition) is 5. The molecule has 0 saturated carbocycles. The summed E-state index contributed by atoms with van der Waals surface area (Å²) < 4.78 is 4.93. The van der Waals surface area contributed by atoms with Crippen molar-refractivity contribution in [2.75, 3.05) is 7.11 Å². The van der Waals surface area contributed by atoms with Crippen molar-refractivity contribution in [2.45, 2.75) is 156 Å². The summed E-state index contributed by atoms with van der Waals surface area (Å²) in [5.74, 6) is -1.56. The van der Waals surface area contributed by atoms with Crippen LogP contribution in [-0.2, 0) is 23.9 Å². The largest absolute Gasteiger partial charge is 0.467 e. The topological polar surface area (TPSA) is 102 Å². The van der Waals surface area contributed by atoms with E-state index in [-0.39, 0.29) is 29.9 Å². The maximum atomic E-state index is 13.5. The molecule has 0 aromatic rings. The van der Waals surface area contributed by atoms with Gasteiger partial charge in [-0.25, -0.2) is 4.79 Å². The van der Waals surface area contributed by atoms with Crippen LogP contribution in [0.3, 0.4) is 0 Å². The van der Waals surface area contributed by atoms with E-state index >= 15 is 0 Å². The summed E-state index contributed by atoms with van der Waals surface area (Å²) in [6.07, 6.45) is 14.2. The number of methoxy groups -OCH3 is 1. The minimum absolute atomic E-state index is 0.0691. The molecule has 0 aromatic heterocycles. The number of amides is 2. The van der Waals surface area contributed by atoms with Gasteiger partial charge in [0.15, 0.2) is 5.78 Å². The fraction of sp³-hybridized carbons (Fsp3) is 0.871. The molecule has 0 aromatic carbocycles. The molecule has 7 nitrogen and oxygen atoms in total. The third-order valence-electron chi connectivity index (χ3n) is 7.36. The van der Waals surface area contributed by atoms with Gasteiger partial charge >= 0.3 is 5.97 Å². The zero-order valence-corrected chi connectivity index (χ0v) is 25.4. The number of esters is 1. The lowest BCUT2D eigenvalue weighted by molar-refractivity contribution is -0.146. The molecule has 0 unspecified atom stereocenters. The first-order chi connectivity index (χ1) is 18.2. The number of rotatable bonds is 24.